The third-order valence-electron chi connectivity index (χ3n) is 19.0. The Kier molecular flexibility index (Phi) is 9.62. The average molecular weight is 1180 g/mol. The monoisotopic (exact) mass is 1180 g/mol. The molecule has 13 aromatic carbocycles. The molecule has 0 saturated heterocycles. The lowest BCUT2D eigenvalue weighted by Crippen LogP contribution is -2.65. The van der Waals surface area contributed by atoms with Crippen molar-refractivity contribution in [1.29, 1.82) is 0 Å². The Morgan fingerprint density at radius 2 is 0.857 bits per heavy atom. The van der Waals surface area contributed by atoms with Crippen LogP contribution in [0.3, 0.4) is 0 Å². The van der Waals surface area contributed by atoms with Gasteiger partial charge in [0, 0.05) is 44.6 Å². The van der Waals surface area contributed by atoms with E-state index in [0.717, 1.165) is 112 Å². The number of hydrogen-bond acceptors (Lipinski definition) is 2. The first-order chi connectivity index (χ1) is 49.8. The van der Waals surface area contributed by atoms with Gasteiger partial charge in [-0.2, -0.15) is 0 Å². The van der Waals surface area contributed by atoms with Crippen molar-refractivity contribution in [1.82, 2.24) is 4.57 Å². The number of para-hydroxylation sites is 5. The van der Waals surface area contributed by atoms with Crippen molar-refractivity contribution in [3.63, 3.8) is 0 Å². The maximum Gasteiger partial charge on any atom is 0.247 e. The number of anilines is 6. The quantitative estimate of drug-likeness (QED) is 0.147. The van der Waals surface area contributed by atoms with Crippen LogP contribution in [0.15, 0.2) is 303 Å². The predicted octanol–water partition coefficient (Wildman–Crippen LogP) is 20.8. The highest BCUT2D eigenvalue weighted by atomic mass is 15.2. The second kappa shape index (κ2) is 20.7. The molecule has 4 heteroatoms. The molecule has 1 aromatic heterocycles. The summed E-state index contributed by atoms with van der Waals surface area (Å²) in [6.45, 7) is 12.5. The van der Waals surface area contributed by atoms with Crippen LogP contribution < -0.4 is 26.2 Å². The van der Waals surface area contributed by atoms with Gasteiger partial charge >= 0.3 is 0 Å². The Balaban J connectivity index is 1.15. The highest BCUT2D eigenvalue weighted by Crippen LogP contribution is 2.60. The fourth-order valence-corrected chi connectivity index (χ4v) is 14.9. The zero-order valence-electron chi connectivity index (χ0n) is 64.3. The summed E-state index contributed by atoms with van der Waals surface area (Å²) in [5, 5.41) is -0.120. The van der Waals surface area contributed by atoms with E-state index in [9.17, 15) is 13.7 Å². The lowest BCUT2D eigenvalue weighted by atomic mass is 9.29. The molecule has 0 aliphatic carbocycles. The van der Waals surface area contributed by atoms with Gasteiger partial charge in [0.15, 0.2) is 0 Å². The highest BCUT2D eigenvalue weighted by Gasteiger charge is 2.56. The van der Waals surface area contributed by atoms with E-state index in [1.54, 1.807) is 4.57 Å². The SMILES string of the molecule is [2H]c1c([2H])c([2H])c(-c2ccc3c(c2)B2c4cc(-c5cccc(C(C)(C)C)c5)ccc4N(c4c(-c5ccccc5)cc(C(C)(C)C)cc4-c4ccccc4)c4cc(-n5c6c([2H])c([2H])c([2H])c([2H])c6c6c([2H])c([2H])c([2H])c([2H])c65)cc(c42)C32c3ccccc3N(c3ccccc3)c3ccccc32)c([2H])c1[2H]. The van der Waals surface area contributed by atoms with Crippen LogP contribution in [0.4, 0.5) is 34.1 Å². The fourth-order valence-electron chi connectivity index (χ4n) is 14.9. The lowest BCUT2D eigenvalue weighted by Gasteiger charge is -2.52. The Hall–Kier alpha value is -10.7. The Morgan fingerprint density at radius 1 is 0.341 bits per heavy atom. The summed E-state index contributed by atoms with van der Waals surface area (Å²) in [7, 11) is 0. The van der Waals surface area contributed by atoms with Gasteiger partial charge in [0.1, 0.15) is 0 Å². The number of benzene rings is 13. The minimum absolute atomic E-state index is 0.0377. The molecule has 3 aliphatic heterocycles. The van der Waals surface area contributed by atoms with Crippen molar-refractivity contribution < 1.29 is 17.8 Å². The fraction of sp³-hybridized carbons (Fsp3) is 0.103. The van der Waals surface area contributed by atoms with Gasteiger partial charge in [0.25, 0.3) is 0 Å². The number of rotatable bonds is 7. The van der Waals surface area contributed by atoms with E-state index in [-0.39, 0.29) is 50.3 Å². The molecule has 434 valence electrons. The van der Waals surface area contributed by atoms with E-state index in [2.05, 4.69) is 179 Å². The second-order valence-corrected chi connectivity index (χ2v) is 26.2. The topological polar surface area (TPSA) is 11.4 Å². The van der Waals surface area contributed by atoms with Crippen LogP contribution in [-0.4, -0.2) is 11.3 Å². The Bertz CT molecular complexity index is 5810. The molecule has 0 atom stereocenters. The van der Waals surface area contributed by atoms with Gasteiger partial charge in [-0.3, -0.25) is 0 Å². The molecule has 0 N–H and O–H groups in total. The number of hydrogen-bond donors (Lipinski definition) is 0. The first kappa shape index (κ1) is 42.3. The van der Waals surface area contributed by atoms with E-state index < -0.39 is 78.6 Å². The van der Waals surface area contributed by atoms with Crippen molar-refractivity contribution in [2.45, 2.75) is 57.8 Å². The maximum absolute atomic E-state index is 10.1. The van der Waals surface area contributed by atoms with E-state index in [4.69, 9.17) is 4.11 Å². The lowest BCUT2D eigenvalue weighted by molar-refractivity contribution is 0.590. The van der Waals surface area contributed by atoms with Crippen molar-refractivity contribution in [2.75, 3.05) is 9.80 Å². The largest absolute Gasteiger partial charge is 0.310 e. The van der Waals surface area contributed by atoms with Gasteiger partial charge in [-0.1, -0.05) is 283 Å². The average Bonchev–Trinajstić information content (AvgIpc) is 0.698. The zero-order valence-corrected chi connectivity index (χ0v) is 51.3. The minimum Gasteiger partial charge on any atom is -0.310 e. The first-order valence-corrected chi connectivity index (χ1v) is 31.1. The summed E-state index contributed by atoms with van der Waals surface area (Å²) < 4.78 is 125. The maximum atomic E-state index is 10.1. The summed E-state index contributed by atoms with van der Waals surface area (Å²) >= 11 is 0. The third-order valence-corrected chi connectivity index (χ3v) is 19.0. The Morgan fingerprint density at radius 3 is 1.47 bits per heavy atom. The van der Waals surface area contributed by atoms with Crippen LogP contribution in [0.2, 0.25) is 0 Å². The van der Waals surface area contributed by atoms with E-state index in [1.807, 2.05) is 97.1 Å². The molecule has 3 nitrogen and oxygen atoms in total. The molecule has 0 saturated carbocycles. The molecule has 4 heterocycles. The van der Waals surface area contributed by atoms with Crippen LogP contribution in [0.5, 0.6) is 0 Å². The van der Waals surface area contributed by atoms with Crippen LogP contribution in [0, 0.1) is 0 Å². The molecule has 0 bridgehead atoms. The second-order valence-electron chi connectivity index (χ2n) is 26.2. The van der Waals surface area contributed by atoms with Crippen LogP contribution in [0.25, 0.3) is 72.0 Å². The number of fused-ring (bicyclic) bond motifs is 13. The summed E-state index contributed by atoms with van der Waals surface area (Å²) in [5.74, 6) is 0. The summed E-state index contributed by atoms with van der Waals surface area (Å²) in [6.07, 6.45) is 0. The van der Waals surface area contributed by atoms with Gasteiger partial charge in [-0.15, -0.1) is 0 Å². The normalized spacial score (nSPS) is 15.6. The molecule has 3 aliphatic rings. The Labute approximate surface area is 553 Å². The van der Waals surface area contributed by atoms with Crippen LogP contribution >= 0.6 is 0 Å². The summed E-state index contributed by atoms with van der Waals surface area (Å²) in [5.41, 5.74) is 16.9. The van der Waals surface area contributed by atoms with Gasteiger partial charge in [-0.05, 0) is 155 Å². The van der Waals surface area contributed by atoms with E-state index >= 15 is 0 Å². The van der Waals surface area contributed by atoms with Gasteiger partial charge in [0.05, 0.1) is 51.3 Å². The van der Waals surface area contributed by atoms with E-state index in [0.29, 0.717) is 16.9 Å². The van der Waals surface area contributed by atoms with Crippen molar-refractivity contribution in [3.8, 4) is 50.2 Å². The molecule has 0 radical (unpaired) electrons. The standard InChI is InChI=1S/C87H68BN3/c1-85(2,3)63-35-27-34-60(50-63)62-47-49-81-76(52-62)88-75-51-61(57-28-11-7-12-29-57)46-48-71(75)87(72-40-21-25-44-79(72)89(65-36-17-10-18-37-65)80-45-26-22-41-73(80)87)74-55-66(90-77-42-23-19-38-67(77)68-39-20-24-43-78(68)90)56-82(83(74)88)91(81)84-69(58-30-13-8-14-31-58)53-64(86(4,5)6)54-70(84)59-32-15-9-16-33-59/h7-56H,1-6H3/i7D,11D,12D,19D,20D,23D,24D,28D,29D,38D,39D,42D,43D. The van der Waals surface area contributed by atoms with Gasteiger partial charge in [-0.25, -0.2) is 0 Å². The first-order valence-electron chi connectivity index (χ1n) is 37.6. The molecular weight excluding hydrogens is 1100 g/mol. The van der Waals surface area contributed by atoms with Gasteiger partial charge in [0.2, 0.25) is 6.71 Å². The van der Waals surface area contributed by atoms with Gasteiger partial charge < -0.3 is 14.4 Å². The molecule has 0 unspecified atom stereocenters. The molecule has 14 aromatic rings. The molecule has 1 spiro atoms. The number of nitrogens with zero attached hydrogens (tertiary/aromatic N) is 3. The molecule has 0 fully saturated rings. The van der Waals surface area contributed by atoms with E-state index in [1.165, 1.54) is 0 Å². The van der Waals surface area contributed by atoms with Crippen molar-refractivity contribution in [3.05, 3.63) is 336 Å². The summed E-state index contributed by atoms with van der Waals surface area (Å²) in [6, 6.07) is 71.4. The molecule has 91 heavy (non-hydrogen) atoms. The van der Waals surface area contributed by atoms with Crippen LogP contribution in [-0.2, 0) is 16.2 Å². The third kappa shape index (κ3) is 8.42. The van der Waals surface area contributed by atoms with Crippen molar-refractivity contribution in [2.24, 2.45) is 0 Å². The number of aromatic nitrogens is 1. The molecule has 0 amide bonds. The zero-order chi connectivity index (χ0) is 72.6. The van der Waals surface area contributed by atoms with Crippen LogP contribution in [0.1, 0.15) is 92.7 Å². The predicted molar refractivity (Wildman–Crippen MR) is 386 cm³/mol. The molecule has 17 rings (SSSR count). The highest BCUT2D eigenvalue weighted by molar-refractivity contribution is 6.99. The molecular formula is C87H68BN3. The van der Waals surface area contributed by atoms with Crippen molar-refractivity contribution >= 4 is 79.0 Å². The smallest absolute Gasteiger partial charge is 0.247 e. The summed E-state index contributed by atoms with van der Waals surface area (Å²) in [4.78, 5) is 4.63. The minimum atomic E-state index is -1.41.